The number of benzene rings is 1. The molecule has 2 aromatic rings. The van der Waals surface area contributed by atoms with Gasteiger partial charge in [0.25, 0.3) is 0 Å². The minimum absolute atomic E-state index is 0.472. The van der Waals surface area contributed by atoms with Gasteiger partial charge in [-0.15, -0.1) is 0 Å². The molecular formula is C14H13BrCl2N2O. The Bertz CT molecular complexity index is 635. The van der Waals surface area contributed by atoms with E-state index in [2.05, 4.69) is 26.2 Å². The largest absolute Gasteiger partial charge is 0.437 e. The SMILES string of the molecule is CNCc1ccc(Oc2cc(Cl)c(Br)cc2Cl)nc1C. The lowest BCUT2D eigenvalue weighted by Gasteiger charge is -2.10. The van der Waals surface area contributed by atoms with Crippen LogP contribution in [-0.4, -0.2) is 12.0 Å². The average molecular weight is 376 g/mol. The van der Waals surface area contributed by atoms with E-state index in [1.807, 2.05) is 26.1 Å². The maximum absolute atomic E-state index is 6.12. The molecule has 0 saturated heterocycles. The van der Waals surface area contributed by atoms with Crippen LogP contribution in [0.3, 0.4) is 0 Å². The summed E-state index contributed by atoms with van der Waals surface area (Å²) in [6.07, 6.45) is 0. The van der Waals surface area contributed by atoms with E-state index in [4.69, 9.17) is 27.9 Å². The van der Waals surface area contributed by atoms with Crippen molar-refractivity contribution in [3.8, 4) is 11.6 Å². The van der Waals surface area contributed by atoms with Crippen molar-refractivity contribution in [1.29, 1.82) is 0 Å². The molecule has 0 bridgehead atoms. The van der Waals surface area contributed by atoms with E-state index in [0.29, 0.717) is 21.7 Å². The molecule has 1 aromatic heterocycles. The Balaban J connectivity index is 2.26. The van der Waals surface area contributed by atoms with E-state index in [-0.39, 0.29) is 0 Å². The lowest BCUT2D eigenvalue weighted by Crippen LogP contribution is -2.07. The van der Waals surface area contributed by atoms with Crippen LogP contribution in [0.4, 0.5) is 0 Å². The number of nitrogens with one attached hydrogen (secondary N) is 1. The summed E-state index contributed by atoms with van der Waals surface area (Å²) in [5, 5.41) is 4.10. The van der Waals surface area contributed by atoms with Crippen LogP contribution in [-0.2, 0) is 6.54 Å². The van der Waals surface area contributed by atoms with Gasteiger partial charge in [0.05, 0.1) is 10.0 Å². The summed E-state index contributed by atoms with van der Waals surface area (Å²) < 4.78 is 6.42. The fourth-order valence-corrected chi connectivity index (χ4v) is 2.53. The standard InChI is InChI=1S/C14H13BrCl2N2O/c1-8-9(7-18-2)3-4-14(19-8)20-13-6-11(16)10(15)5-12(13)17/h3-6,18H,7H2,1-2H3. The summed E-state index contributed by atoms with van der Waals surface area (Å²) in [4.78, 5) is 4.40. The molecule has 1 N–H and O–H groups in total. The van der Waals surface area contributed by atoms with Crippen LogP contribution in [0.2, 0.25) is 10.0 Å². The summed E-state index contributed by atoms with van der Waals surface area (Å²) in [6, 6.07) is 7.14. The summed E-state index contributed by atoms with van der Waals surface area (Å²) in [7, 11) is 1.90. The van der Waals surface area contributed by atoms with Gasteiger partial charge in [0.15, 0.2) is 0 Å². The van der Waals surface area contributed by atoms with Gasteiger partial charge < -0.3 is 10.1 Å². The molecular weight excluding hydrogens is 363 g/mol. The number of hydrogen-bond acceptors (Lipinski definition) is 3. The van der Waals surface area contributed by atoms with Crippen LogP contribution in [0, 0.1) is 6.92 Å². The zero-order valence-electron chi connectivity index (χ0n) is 11.0. The Hall–Kier alpha value is -0.810. The first kappa shape index (κ1) is 15.6. The molecule has 0 radical (unpaired) electrons. The number of hydrogen-bond donors (Lipinski definition) is 1. The first-order valence-electron chi connectivity index (χ1n) is 5.94. The van der Waals surface area contributed by atoms with Crippen molar-refractivity contribution in [3.05, 3.63) is 50.0 Å². The highest BCUT2D eigenvalue weighted by Gasteiger charge is 2.09. The number of aromatic nitrogens is 1. The summed E-state index contributed by atoms with van der Waals surface area (Å²) >= 11 is 15.5. The molecule has 1 aromatic carbocycles. The molecule has 0 spiro atoms. The van der Waals surface area contributed by atoms with Crippen molar-refractivity contribution in [3.63, 3.8) is 0 Å². The number of rotatable bonds is 4. The first-order chi connectivity index (χ1) is 9.51. The third-order valence-corrected chi connectivity index (χ3v) is 4.22. The van der Waals surface area contributed by atoms with Gasteiger partial charge in [0, 0.05) is 28.8 Å². The molecule has 0 saturated carbocycles. The van der Waals surface area contributed by atoms with Crippen LogP contribution in [0.5, 0.6) is 11.6 Å². The monoisotopic (exact) mass is 374 g/mol. The Kier molecular flexibility index (Phi) is 5.27. The second-order valence-electron chi connectivity index (χ2n) is 4.22. The smallest absolute Gasteiger partial charge is 0.219 e. The second-order valence-corrected chi connectivity index (χ2v) is 5.89. The van der Waals surface area contributed by atoms with Gasteiger partial charge in [0.2, 0.25) is 5.88 Å². The molecule has 106 valence electrons. The Morgan fingerprint density at radius 3 is 2.65 bits per heavy atom. The van der Waals surface area contributed by atoms with Gasteiger partial charge in [-0.2, -0.15) is 0 Å². The van der Waals surface area contributed by atoms with Crippen LogP contribution in [0.1, 0.15) is 11.3 Å². The molecule has 0 atom stereocenters. The van der Waals surface area contributed by atoms with Gasteiger partial charge in [-0.3, -0.25) is 0 Å². The molecule has 0 aliphatic heterocycles. The third-order valence-electron chi connectivity index (χ3n) is 2.73. The molecule has 0 amide bonds. The molecule has 0 aliphatic rings. The van der Waals surface area contributed by atoms with Crippen molar-refractivity contribution >= 4 is 39.1 Å². The summed E-state index contributed by atoms with van der Waals surface area (Å²) in [6.45, 7) is 2.71. The number of nitrogens with zero attached hydrogens (tertiary/aromatic N) is 1. The van der Waals surface area contributed by atoms with Crippen molar-refractivity contribution in [2.24, 2.45) is 0 Å². The zero-order chi connectivity index (χ0) is 14.7. The van der Waals surface area contributed by atoms with E-state index in [9.17, 15) is 0 Å². The van der Waals surface area contributed by atoms with E-state index >= 15 is 0 Å². The predicted octanol–water partition coefficient (Wildman–Crippen LogP) is 4.97. The molecule has 0 unspecified atom stereocenters. The fourth-order valence-electron chi connectivity index (χ4n) is 1.70. The lowest BCUT2D eigenvalue weighted by molar-refractivity contribution is 0.461. The minimum atomic E-state index is 0.472. The highest BCUT2D eigenvalue weighted by molar-refractivity contribution is 9.10. The number of aryl methyl sites for hydroxylation is 1. The lowest BCUT2D eigenvalue weighted by atomic mass is 10.2. The van der Waals surface area contributed by atoms with E-state index < -0.39 is 0 Å². The van der Waals surface area contributed by atoms with Crippen LogP contribution < -0.4 is 10.1 Å². The van der Waals surface area contributed by atoms with Crippen molar-refractivity contribution < 1.29 is 4.74 Å². The maximum atomic E-state index is 6.12. The van der Waals surface area contributed by atoms with Gasteiger partial charge >= 0.3 is 0 Å². The van der Waals surface area contributed by atoms with Crippen molar-refractivity contribution in [2.45, 2.75) is 13.5 Å². The highest BCUT2D eigenvalue weighted by Crippen LogP contribution is 2.36. The molecule has 0 aliphatic carbocycles. The normalized spacial score (nSPS) is 10.7. The molecule has 20 heavy (non-hydrogen) atoms. The number of pyridine rings is 1. The van der Waals surface area contributed by atoms with Crippen LogP contribution in [0.25, 0.3) is 0 Å². The highest BCUT2D eigenvalue weighted by atomic mass is 79.9. The van der Waals surface area contributed by atoms with Gasteiger partial charge in [-0.1, -0.05) is 29.3 Å². The van der Waals surface area contributed by atoms with Crippen LogP contribution in [0.15, 0.2) is 28.7 Å². The Labute approximate surface area is 136 Å². The molecule has 3 nitrogen and oxygen atoms in total. The quantitative estimate of drug-likeness (QED) is 0.766. The zero-order valence-corrected chi connectivity index (χ0v) is 14.1. The maximum Gasteiger partial charge on any atom is 0.219 e. The third kappa shape index (κ3) is 3.64. The minimum Gasteiger partial charge on any atom is -0.437 e. The average Bonchev–Trinajstić information content (AvgIpc) is 2.39. The van der Waals surface area contributed by atoms with E-state index in [1.54, 1.807) is 12.1 Å². The predicted molar refractivity (Wildman–Crippen MR) is 86.0 cm³/mol. The first-order valence-corrected chi connectivity index (χ1v) is 7.49. The summed E-state index contributed by atoms with van der Waals surface area (Å²) in [5.74, 6) is 0.968. The Morgan fingerprint density at radius 2 is 2.00 bits per heavy atom. The van der Waals surface area contributed by atoms with Gasteiger partial charge in [0.1, 0.15) is 5.75 Å². The van der Waals surface area contributed by atoms with Crippen molar-refractivity contribution in [1.82, 2.24) is 10.3 Å². The van der Waals surface area contributed by atoms with Gasteiger partial charge in [-0.25, -0.2) is 4.98 Å². The van der Waals surface area contributed by atoms with Crippen molar-refractivity contribution in [2.75, 3.05) is 7.05 Å². The van der Waals surface area contributed by atoms with Crippen LogP contribution >= 0.6 is 39.1 Å². The van der Waals surface area contributed by atoms with Gasteiger partial charge in [-0.05, 0) is 41.5 Å². The number of halogens is 3. The Morgan fingerprint density at radius 1 is 1.25 bits per heavy atom. The topological polar surface area (TPSA) is 34.1 Å². The molecule has 6 heteroatoms. The van der Waals surface area contributed by atoms with E-state index in [0.717, 1.165) is 22.3 Å². The number of ether oxygens (including phenoxy) is 1. The molecule has 2 rings (SSSR count). The van der Waals surface area contributed by atoms with E-state index in [1.165, 1.54) is 0 Å². The molecule has 0 fully saturated rings. The fraction of sp³-hybridized carbons (Fsp3) is 0.214. The second kappa shape index (κ2) is 6.76. The molecule has 1 heterocycles. The summed E-state index contributed by atoms with van der Waals surface area (Å²) in [5.41, 5.74) is 2.04.